The summed E-state index contributed by atoms with van der Waals surface area (Å²) < 4.78 is 4.86. The Hall–Kier alpha value is -1.52. The van der Waals surface area contributed by atoms with E-state index >= 15 is 0 Å². The Morgan fingerprint density at radius 3 is 2.47 bits per heavy atom. The van der Waals surface area contributed by atoms with Crippen molar-refractivity contribution in [3.05, 3.63) is 12.8 Å². The minimum atomic E-state index is -1.08. The first kappa shape index (κ1) is 13.5. The average Bonchev–Trinajstić information content (AvgIpc) is 2.15. The van der Waals surface area contributed by atoms with Crippen molar-refractivity contribution in [3.8, 4) is 0 Å². The quantitative estimate of drug-likeness (QED) is 0.450. The van der Waals surface area contributed by atoms with Gasteiger partial charge >= 0.3 is 11.9 Å². The van der Waals surface area contributed by atoms with Crippen molar-refractivity contribution >= 4 is 11.9 Å². The van der Waals surface area contributed by atoms with Gasteiger partial charge in [-0.3, -0.25) is 9.59 Å². The number of carboxylic acid groups (broad SMARTS) is 2. The lowest BCUT2D eigenvalue weighted by Crippen LogP contribution is -2.17. The van der Waals surface area contributed by atoms with Gasteiger partial charge < -0.3 is 14.9 Å². The van der Waals surface area contributed by atoms with Crippen molar-refractivity contribution < 1.29 is 24.5 Å². The SMILES string of the molecule is C=COCCCCC(CC(=O)O)C(=O)O. The van der Waals surface area contributed by atoms with Crippen LogP contribution in [0.1, 0.15) is 25.7 Å². The third-order valence-corrected chi connectivity index (χ3v) is 1.95. The molecule has 0 aromatic carbocycles. The molecular formula is C10H16O5. The molecule has 0 rings (SSSR count). The molecule has 86 valence electrons. The molecule has 0 aromatic rings. The van der Waals surface area contributed by atoms with E-state index in [1.807, 2.05) is 0 Å². The average molecular weight is 216 g/mol. The zero-order chi connectivity index (χ0) is 11.7. The number of unbranched alkanes of at least 4 members (excludes halogenated alkanes) is 1. The summed E-state index contributed by atoms with van der Waals surface area (Å²) in [5.74, 6) is -2.93. The van der Waals surface area contributed by atoms with Gasteiger partial charge in [0.15, 0.2) is 0 Å². The minimum Gasteiger partial charge on any atom is -0.502 e. The van der Waals surface area contributed by atoms with Crippen molar-refractivity contribution in [2.24, 2.45) is 5.92 Å². The number of carbonyl (C=O) groups is 2. The Morgan fingerprint density at radius 1 is 1.33 bits per heavy atom. The van der Waals surface area contributed by atoms with Gasteiger partial charge in [0, 0.05) is 0 Å². The monoisotopic (exact) mass is 216 g/mol. The zero-order valence-electron chi connectivity index (χ0n) is 8.52. The molecule has 1 unspecified atom stereocenters. The summed E-state index contributed by atoms with van der Waals surface area (Å²) in [6.07, 6.45) is 2.71. The molecule has 15 heavy (non-hydrogen) atoms. The van der Waals surface area contributed by atoms with Gasteiger partial charge in [0.25, 0.3) is 0 Å². The first-order chi connectivity index (χ1) is 7.07. The largest absolute Gasteiger partial charge is 0.502 e. The van der Waals surface area contributed by atoms with Crippen LogP contribution in [0.2, 0.25) is 0 Å². The van der Waals surface area contributed by atoms with Crippen LogP contribution in [0, 0.1) is 5.92 Å². The molecule has 0 heterocycles. The first-order valence-electron chi connectivity index (χ1n) is 4.75. The summed E-state index contributed by atoms with van der Waals surface area (Å²) in [4.78, 5) is 21.0. The van der Waals surface area contributed by atoms with Gasteiger partial charge in [-0.1, -0.05) is 6.58 Å². The summed E-state index contributed by atoms with van der Waals surface area (Å²) in [6, 6.07) is 0. The molecule has 1 atom stereocenters. The fourth-order valence-electron chi connectivity index (χ4n) is 1.18. The van der Waals surface area contributed by atoms with Crippen LogP contribution in [0.5, 0.6) is 0 Å². The van der Waals surface area contributed by atoms with Crippen LogP contribution in [-0.2, 0) is 14.3 Å². The molecule has 0 bridgehead atoms. The number of hydrogen-bond acceptors (Lipinski definition) is 3. The smallest absolute Gasteiger partial charge is 0.307 e. The fraction of sp³-hybridized carbons (Fsp3) is 0.600. The molecule has 0 aliphatic heterocycles. The maximum absolute atomic E-state index is 10.6. The van der Waals surface area contributed by atoms with E-state index in [4.69, 9.17) is 14.9 Å². The molecule has 0 saturated carbocycles. The normalized spacial score (nSPS) is 11.7. The molecule has 2 N–H and O–H groups in total. The lowest BCUT2D eigenvalue weighted by molar-refractivity contribution is -0.148. The topological polar surface area (TPSA) is 83.8 Å². The highest BCUT2D eigenvalue weighted by Gasteiger charge is 2.20. The van der Waals surface area contributed by atoms with Gasteiger partial charge in [0.1, 0.15) is 0 Å². The second-order valence-corrected chi connectivity index (χ2v) is 3.17. The van der Waals surface area contributed by atoms with Crippen molar-refractivity contribution in [3.63, 3.8) is 0 Å². The highest BCUT2D eigenvalue weighted by atomic mass is 16.5. The molecule has 0 aromatic heterocycles. The predicted molar refractivity (Wildman–Crippen MR) is 53.4 cm³/mol. The van der Waals surface area contributed by atoms with E-state index < -0.39 is 17.9 Å². The molecular weight excluding hydrogens is 200 g/mol. The van der Waals surface area contributed by atoms with Gasteiger partial charge in [-0.15, -0.1) is 0 Å². The molecule has 0 saturated heterocycles. The molecule has 0 aliphatic rings. The Kier molecular flexibility index (Phi) is 7.05. The summed E-state index contributed by atoms with van der Waals surface area (Å²) in [6.45, 7) is 3.86. The summed E-state index contributed by atoms with van der Waals surface area (Å²) in [7, 11) is 0. The van der Waals surface area contributed by atoms with E-state index in [9.17, 15) is 9.59 Å². The van der Waals surface area contributed by atoms with E-state index in [0.717, 1.165) is 0 Å². The molecule has 0 spiro atoms. The number of aliphatic carboxylic acids is 2. The number of rotatable bonds is 9. The third-order valence-electron chi connectivity index (χ3n) is 1.95. The van der Waals surface area contributed by atoms with Crippen LogP contribution in [0.4, 0.5) is 0 Å². The predicted octanol–water partition coefficient (Wildman–Crippen LogP) is 1.49. The second kappa shape index (κ2) is 7.84. The minimum absolute atomic E-state index is 0.322. The molecule has 0 radical (unpaired) electrons. The Bertz CT molecular complexity index is 224. The van der Waals surface area contributed by atoms with E-state index in [0.29, 0.717) is 25.9 Å². The van der Waals surface area contributed by atoms with Crippen LogP contribution in [-0.4, -0.2) is 28.8 Å². The van der Waals surface area contributed by atoms with Crippen molar-refractivity contribution in [2.45, 2.75) is 25.7 Å². The highest BCUT2D eigenvalue weighted by molar-refractivity contribution is 5.77. The molecule has 0 fully saturated rings. The van der Waals surface area contributed by atoms with Gasteiger partial charge in [0.05, 0.1) is 25.2 Å². The Morgan fingerprint density at radius 2 is 2.00 bits per heavy atom. The third kappa shape index (κ3) is 7.54. The lowest BCUT2D eigenvalue weighted by atomic mass is 9.99. The van der Waals surface area contributed by atoms with E-state index in [1.165, 1.54) is 6.26 Å². The standard InChI is InChI=1S/C10H16O5/c1-2-15-6-4-3-5-8(10(13)14)7-9(11)12/h2,8H,1,3-7H2,(H,11,12)(H,13,14). The van der Waals surface area contributed by atoms with Crippen LogP contribution in [0.25, 0.3) is 0 Å². The van der Waals surface area contributed by atoms with Crippen LogP contribution in [0.3, 0.4) is 0 Å². The fourth-order valence-corrected chi connectivity index (χ4v) is 1.18. The molecule has 5 nitrogen and oxygen atoms in total. The maximum atomic E-state index is 10.6. The second-order valence-electron chi connectivity index (χ2n) is 3.17. The van der Waals surface area contributed by atoms with E-state index in [1.54, 1.807) is 0 Å². The van der Waals surface area contributed by atoms with Crippen molar-refractivity contribution in [1.29, 1.82) is 0 Å². The summed E-state index contributed by atoms with van der Waals surface area (Å²) >= 11 is 0. The Balaban J connectivity index is 3.71. The molecule has 5 heteroatoms. The molecule has 0 aliphatic carbocycles. The van der Waals surface area contributed by atoms with Crippen molar-refractivity contribution in [1.82, 2.24) is 0 Å². The maximum Gasteiger partial charge on any atom is 0.307 e. The van der Waals surface area contributed by atoms with Crippen LogP contribution in [0.15, 0.2) is 12.8 Å². The van der Waals surface area contributed by atoms with Crippen LogP contribution >= 0.6 is 0 Å². The summed E-state index contributed by atoms with van der Waals surface area (Å²) in [5, 5.41) is 17.2. The first-order valence-corrected chi connectivity index (χ1v) is 4.75. The highest BCUT2D eigenvalue weighted by Crippen LogP contribution is 2.13. The lowest BCUT2D eigenvalue weighted by Gasteiger charge is -2.08. The Labute approximate surface area is 88.4 Å². The van der Waals surface area contributed by atoms with Crippen LogP contribution < -0.4 is 0 Å². The zero-order valence-corrected chi connectivity index (χ0v) is 8.52. The van der Waals surface area contributed by atoms with Gasteiger partial charge in [-0.25, -0.2) is 0 Å². The number of hydrogen-bond donors (Lipinski definition) is 2. The van der Waals surface area contributed by atoms with Gasteiger partial charge in [-0.05, 0) is 19.3 Å². The van der Waals surface area contributed by atoms with Crippen molar-refractivity contribution in [2.75, 3.05) is 6.61 Å². The van der Waals surface area contributed by atoms with E-state index in [2.05, 4.69) is 6.58 Å². The number of carboxylic acids is 2. The van der Waals surface area contributed by atoms with Gasteiger partial charge in [0.2, 0.25) is 0 Å². The van der Waals surface area contributed by atoms with Gasteiger partial charge in [-0.2, -0.15) is 0 Å². The number of ether oxygens (including phenoxy) is 1. The molecule has 0 amide bonds. The summed E-state index contributed by atoms with van der Waals surface area (Å²) in [5.41, 5.74) is 0. The van der Waals surface area contributed by atoms with E-state index in [-0.39, 0.29) is 6.42 Å².